The van der Waals surface area contributed by atoms with Crippen LogP contribution in [0, 0.1) is 5.41 Å². The highest BCUT2D eigenvalue weighted by molar-refractivity contribution is 5.42. The maximum Gasteiger partial charge on any atom is 0.204 e. The van der Waals surface area contributed by atoms with Crippen LogP contribution in [0.5, 0.6) is 0 Å². The van der Waals surface area contributed by atoms with E-state index in [1.807, 2.05) is 0 Å². The summed E-state index contributed by atoms with van der Waals surface area (Å²) in [6.45, 7) is 4.76. The Bertz CT molecular complexity index is 102. The first-order valence-electron chi connectivity index (χ1n) is 4.28. The van der Waals surface area contributed by atoms with Gasteiger partial charge in [0.25, 0.3) is 0 Å². The van der Waals surface area contributed by atoms with Crippen LogP contribution < -0.4 is 5.73 Å². The van der Waals surface area contributed by atoms with Crippen molar-refractivity contribution in [3.8, 4) is 0 Å². The molecule has 1 saturated carbocycles. The monoisotopic (exact) mass is 157 g/mol. The van der Waals surface area contributed by atoms with Gasteiger partial charge >= 0.3 is 0 Å². The molecule has 0 heterocycles. The van der Waals surface area contributed by atoms with Gasteiger partial charge in [-0.05, 0) is 18.3 Å². The molecule has 2 heteroatoms. The van der Waals surface area contributed by atoms with Crippen LogP contribution in [0.2, 0.25) is 0 Å². The van der Waals surface area contributed by atoms with Gasteiger partial charge in [0, 0.05) is 0 Å². The highest BCUT2D eigenvalue weighted by Gasteiger charge is 2.19. The molecular weight excluding hydrogens is 138 g/mol. The first kappa shape index (κ1) is 10.5. The van der Waals surface area contributed by atoms with E-state index in [0.717, 1.165) is 0 Å². The molecular formula is C9H19NO. The summed E-state index contributed by atoms with van der Waals surface area (Å²) in [5, 5.41) is 0. The SMILES string of the molecule is CC1(C)CCCCC1.NC=O. The van der Waals surface area contributed by atoms with Crippen molar-refractivity contribution in [2.24, 2.45) is 11.1 Å². The number of hydrogen-bond acceptors (Lipinski definition) is 1. The summed E-state index contributed by atoms with van der Waals surface area (Å²) in [4.78, 5) is 8.58. The molecule has 0 atom stereocenters. The molecule has 0 bridgehead atoms. The minimum Gasteiger partial charge on any atom is -0.372 e. The molecule has 0 aromatic heterocycles. The van der Waals surface area contributed by atoms with Crippen LogP contribution >= 0.6 is 0 Å². The first-order valence-corrected chi connectivity index (χ1v) is 4.28. The summed E-state index contributed by atoms with van der Waals surface area (Å²) in [5.74, 6) is 0. The highest BCUT2D eigenvalue weighted by atomic mass is 16.1. The predicted molar refractivity (Wildman–Crippen MR) is 47.1 cm³/mol. The van der Waals surface area contributed by atoms with Crippen LogP contribution in [0.4, 0.5) is 0 Å². The molecule has 0 aromatic carbocycles. The number of carbonyl (C=O) groups excluding carboxylic acids is 1. The van der Waals surface area contributed by atoms with Crippen LogP contribution in [0.1, 0.15) is 46.0 Å². The van der Waals surface area contributed by atoms with Gasteiger partial charge < -0.3 is 5.73 Å². The summed E-state index contributed by atoms with van der Waals surface area (Å²) in [5.41, 5.74) is 4.85. The van der Waals surface area contributed by atoms with E-state index in [-0.39, 0.29) is 6.41 Å². The smallest absolute Gasteiger partial charge is 0.204 e. The van der Waals surface area contributed by atoms with E-state index in [4.69, 9.17) is 4.79 Å². The lowest BCUT2D eigenvalue weighted by Gasteiger charge is -2.28. The van der Waals surface area contributed by atoms with Crippen molar-refractivity contribution in [1.82, 2.24) is 0 Å². The summed E-state index contributed by atoms with van der Waals surface area (Å²) in [6, 6.07) is 0. The van der Waals surface area contributed by atoms with Crippen LogP contribution in [0.3, 0.4) is 0 Å². The van der Waals surface area contributed by atoms with Gasteiger partial charge in [0.05, 0.1) is 0 Å². The molecule has 66 valence electrons. The van der Waals surface area contributed by atoms with Gasteiger partial charge in [-0.2, -0.15) is 0 Å². The second-order valence-electron chi connectivity index (χ2n) is 3.86. The van der Waals surface area contributed by atoms with E-state index in [1.165, 1.54) is 32.1 Å². The summed E-state index contributed by atoms with van der Waals surface area (Å²) >= 11 is 0. The Kier molecular flexibility index (Phi) is 4.92. The lowest BCUT2D eigenvalue weighted by Crippen LogP contribution is -2.14. The standard InChI is InChI=1S/C8H16.CH3NO/c1-8(2)6-4-3-5-7-8;2-1-3/h3-7H2,1-2H3;1H,(H2,2,3). The largest absolute Gasteiger partial charge is 0.372 e. The molecule has 1 rings (SSSR count). The molecule has 0 spiro atoms. The van der Waals surface area contributed by atoms with Crippen molar-refractivity contribution in [3.63, 3.8) is 0 Å². The molecule has 0 aliphatic heterocycles. The average Bonchev–Trinajstić information content (AvgIpc) is 1.88. The van der Waals surface area contributed by atoms with Crippen LogP contribution in [0.15, 0.2) is 0 Å². The summed E-state index contributed by atoms with van der Waals surface area (Å²) < 4.78 is 0. The summed E-state index contributed by atoms with van der Waals surface area (Å²) in [7, 11) is 0. The Morgan fingerprint density at radius 2 is 1.55 bits per heavy atom. The molecule has 1 fully saturated rings. The van der Waals surface area contributed by atoms with E-state index >= 15 is 0 Å². The first-order chi connectivity index (χ1) is 5.12. The van der Waals surface area contributed by atoms with Crippen molar-refractivity contribution < 1.29 is 4.79 Å². The molecule has 0 aromatic rings. The summed E-state index contributed by atoms with van der Waals surface area (Å²) in [6.07, 6.45) is 7.56. The van der Waals surface area contributed by atoms with Gasteiger partial charge in [0.15, 0.2) is 0 Å². The van der Waals surface area contributed by atoms with Gasteiger partial charge in [-0.1, -0.05) is 33.1 Å². The van der Waals surface area contributed by atoms with Gasteiger partial charge in [0.2, 0.25) is 6.41 Å². The number of carbonyl (C=O) groups is 1. The predicted octanol–water partition coefficient (Wildman–Crippen LogP) is 2.08. The fourth-order valence-corrected chi connectivity index (χ4v) is 1.51. The molecule has 2 nitrogen and oxygen atoms in total. The Morgan fingerprint density at radius 3 is 1.73 bits per heavy atom. The lowest BCUT2D eigenvalue weighted by atomic mass is 9.78. The number of hydrogen-bond donors (Lipinski definition) is 1. The van der Waals surface area contributed by atoms with Crippen molar-refractivity contribution >= 4 is 6.41 Å². The van der Waals surface area contributed by atoms with Crippen LogP contribution in [-0.4, -0.2) is 6.41 Å². The Labute approximate surface area is 69.2 Å². The minimum atomic E-state index is 0.250. The minimum absolute atomic E-state index is 0.250. The van der Waals surface area contributed by atoms with Gasteiger partial charge in [-0.15, -0.1) is 0 Å². The highest BCUT2D eigenvalue weighted by Crippen LogP contribution is 2.34. The molecule has 1 amide bonds. The van der Waals surface area contributed by atoms with E-state index < -0.39 is 0 Å². The zero-order valence-electron chi connectivity index (χ0n) is 7.60. The van der Waals surface area contributed by atoms with Crippen molar-refractivity contribution in [3.05, 3.63) is 0 Å². The maximum atomic E-state index is 8.58. The normalized spacial score (nSPS) is 21.3. The van der Waals surface area contributed by atoms with E-state index in [2.05, 4.69) is 19.6 Å². The van der Waals surface area contributed by atoms with Gasteiger partial charge in [-0.3, -0.25) is 4.79 Å². The fraction of sp³-hybridized carbons (Fsp3) is 0.889. The zero-order chi connectivity index (χ0) is 8.74. The Morgan fingerprint density at radius 1 is 1.18 bits per heavy atom. The second-order valence-corrected chi connectivity index (χ2v) is 3.86. The number of rotatable bonds is 0. The molecule has 11 heavy (non-hydrogen) atoms. The maximum absolute atomic E-state index is 8.58. The molecule has 0 unspecified atom stereocenters. The van der Waals surface area contributed by atoms with Gasteiger partial charge in [-0.25, -0.2) is 0 Å². The number of primary amides is 1. The molecule has 0 radical (unpaired) electrons. The van der Waals surface area contributed by atoms with Crippen molar-refractivity contribution in [1.29, 1.82) is 0 Å². The molecule has 1 aliphatic rings. The second kappa shape index (κ2) is 5.16. The van der Waals surface area contributed by atoms with Crippen molar-refractivity contribution in [2.75, 3.05) is 0 Å². The van der Waals surface area contributed by atoms with Crippen molar-refractivity contribution in [2.45, 2.75) is 46.0 Å². The van der Waals surface area contributed by atoms with Crippen LogP contribution in [0.25, 0.3) is 0 Å². The average molecular weight is 157 g/mol. The molecule has 1 aliphatic carbocycles. The molecule has 2 N–H and O–H groups in total. The van der Waals surface area contributed by atoms with Gasteiger partial charge in [0.1, 0.15) is 0 Å². The van der Waals surface area contributed by atoms with E-state index in [9.17, 15) is 0 Å². The fourth-order valence-electron chi connectivity index (χ4n) is 1.51. The Balaban J connectivity index is 0.000000292. The van der Waals surface area contributed by atoms with E-state index in [0.29, 0.717) is 5.41 Å². The number of nitrogens with two attached hydrogens (primary N) is 1. The third-order valence-corrected chi connectivity index (χ3v) is 2.21. The molecule has 0 saturated heterocycles. The zero-order valence-corrected chi connectivity index (χ0v) is 7.60. The number of amides is 1. The Hall–Kier alpha value is -0.530. The lowest BCUT2D eigenvalue weighted by molar-refractivity contribution is -0.106. The third kappa shape index (κ3) is 5.89. The van der Waals surface area contributed by atoms with E-state index in [1.54, 1.807) is 0 Å². The third-order valence-electron chi connectivity index (χ3n) is 2.21. The quantitative estimate of drug-likeness (QED) is 0.537. The van der Waals surface area contributed by atoms with Crippen LogP contribution in [-0.2, 0) is 4.79 Å². The topological polar surface area (TPSA) is 43.1 Å².